The van der Waals surface area contributed by atoms with Crippen LogP contribution in [-0.2, 0) is 16.1 Å². The van der Waals surface area contributed by atoms with Gasteiger partial charge in [0.15, 0.2) is 5.06 Å². The normalized spacial score (nSPS) is 13.7. The summed E-state index contributed by atoms with van der Waals surface area (Å²) >= 11 is 5.54. The molecule has 1 rings (SSSR count). The van der Waals surface area contributed by atoms with Gasteiger partial charge >= 0.3 is 51.4 Å². The fraction of sp³-hybridized carbons (Fsp3) is 0.300. The zero-order chi connectivity index (χ0) is 10.6. The van der Waals surface area contributed by atoms with E-state index in [2.05, 4.69) is 0 Å². The SMILES string of the molecule is CC(Cl)(OCc1ccccc1)C(=O)[O-].[K+]. The van der Waals surface area contributed by atoms with E-state index in [1.807, 2.05) is 30.3 Å². The van der Waals surface area contributed by atoms with Gasteiger partial charge in [0.05, 0.1) is 12.6 Å². The van der Waals surface area contributed by atoms with Crippen LogP contribution in [0.5, 0.6) is 0 Å². The molecule has 1 atom stereocenters. The first-order valence-electron chi connectivity index (χ1n) is 4.10. The van der Waals surface area contributed by atoms with Crippen molar-refractivity contribution in [3.8, 4) is 0 Å². The second-order valence-electron chi connectivity index (χ2n) is 2.98. The van der Waals surface area contributed by atoms with Gasteiger partial charge in [-0.15, -0.1) is 0 Å². The maximum atomic E-state index is 10.5. The number of ether oxygens (including phenoxy) is 1. The van der Waals surface area contributed by atoms with E-state index in [1.54, 1.807) is 0 Å². The standard InChI is InChI=1S/C10H11ClO3.K/c1-10(11,9(12)13)14-7-8-5-3-2-4-6-8;/h2-6H,7H2,1H3,(H,12,13);/q;+1/p-1. The zero-order valence-corrected chi connectivity index (χ0v) is 12.6. The molecule has 3 nitrogen and oxygen atoms in total. The predicted molar refractivity (Wildman–Crippen MR) is 50.5 cm³/mol. The minimum atomic E-state index is -1.77. The number of carboxylic acids is 1. The molecule has 15 heavy (non-hydrogen) atoms. The number of carbonyl (C=O) groups is 1. The van der Waals surface area contributed by atoms with E-state index in [9.17, 15) is 9.90 Å². The van der Waals surface area contributed by atoms with E-state index < -0.39 is 11.0 Å². The van der Waals surface area contributed by atoms with Crippen molar-refractivity contribution in [1.29, 1.82) is 0 Å². The summed E-state index contributed by atoms with van der Waals surface area (Å²) in [5, 5.41) is 8.71. The first-order chi connectivity index (χ1) is 6.52. The summed E-state index contributed by atoms with van der Waals surface area (Å²) < 4.78 is 4.98. The Hall–Kier alpha value is 0.576. The number of halogens is 1. The minimum Gasteiger partial charge on any atom is -0.546 e. The van der Waals surface area contributed by atoms with Gasteiger partial charge in [-0.05, 0) is 12.5 Å². The number of hydrogen-bond donors (Lipinski definition) is 0. The Kier molecular flexibility index (Phi) is 7.28. The van der Waals surface area contributed by atoms with Crippen molar-refractivity contribution >= 4 is 17.6 Å². The van der Waals surface area contributed by atoms with E-state index in [1.165, 1.54) is 6.92 Å². The van der Waals surface area contributed by atoms with E-state index in [0.717, 1.165) is 5.56 Å². The number of aliphatic carboxylic acids is 1. The molecule has 1 unspecified atom stereocenters. The molecule has 0 radical (unpaired) electrons. The number of alkyl halides is 1. The molecule has 0 fully saturated rings. The summed E-state index contributed by atoms with van der Waals surface area (Å²) in [6.07, 6.45) is 0. The van der Waals surface area contributed by atoms with Gasteiger partial charge < -0.3 is 14.6 Å². The van der Waals surface area contributed by atoms with Crippen LogP contribution in [0.25, 0.3) is 0 Å². The first-order valence-corrected chi connectivity index (χ1v) is 4.48. The average Bonchev–Trinajstić information content (AvgIpc) is 2.16. The quantitative estimate of drug-likeness (QED) is 0.456. The van der Waals surface area contributed by atoms with Crippen LogP contribution in [-0.4, -0.2) is 11.0 Å². The van der Waals surface area contributed by atoms with Gasteiger partial charge in [0.1, 0.15) is 0 Å². The topological polar surface area (TPSA) is 49.4 Å². The minimum absolute atomic E-state index is 0. The number of carboxylic acid groups (broad SMARTS) is 1. The number of benzene rings is 1. The van der Waals surface area contributed by atoms with E-state index >= 15 is 0 Å². The third-order valence-electron chi connectivity index (χ3n) is 1.72. The van der Waals surface area contributed by atoms with Crippen molar-refractivity contribution in [2.75, 3.05) is 0 Å². The van der Waals surface area contributed by atoms with Crippen molar-refractivity contribution in [2.45, 2.75) is 18.6 Å². The molecule has 5 heteroatoms. The summed E-state index contributed by atoms with van der Waals surface area (Å²) in [5.41, 5.74) is 0.862. The maximum Gasteiger partial charge on any atom is 1.00 e. The Labute approximate surface area is 136 Å². The second kappa shape index (κ2) is 7.01. The molecule has 0 spiro atoms. The summed E-state index contributed by atoms with van der Waals surface area (Å²) in [7, 11) is 0. The monoisotopic (exact) mass is 252 g/mol. The molecule has 0 saturated heterocycles. The zero-order valence-electron chi connectivity index (χ0n) is 8.70. The Morgan fingerprint density at radius 2 is 2.00 bits per heavy atom. The Morgan fingerprint density at radius 3 is 2.47 bits per heavy atom. The average molecular weight is 253 g/mol. The molecular weight excluding hydrogens is 243 g/mol. The molecule has 0 N–H and O–H groups in total. The maximum absolute atomic E-state index is 10.5. The van der Waals surface area contributed by atoms with Crippen molar-refractivity contribution < 1.29 is 66.0 Å². The van der Waals surface area contributed by atoms with Gasteiger partial charge in [-0.25, -0.2) is 0 Å². The van der Waals surface area contributed by atoms with Gasteiger partial charge in [-0.2, -0.15) is 0 Å². The van der Waals surface area contributed by atoms with Crippen LogP contribution in [0, 0.1) is 0 Å². The number of hydrogen-bond acceptors (Lipinski definition) is 3. The van der Waals surface area contributed by atoms with Gasteiger partial charge in [-0.3, -0.25) is 0 Å². The molecule has 76 valence electrons. The van der Waals surface area contributed by atoms with Crippen LogP contribution in [0.1, 0.15) is 12.5 Å². The fourth-order valence-electron chi connectivity index (χ4n) is 0.852. The van der Waals surface area contributed by atoms with Crippen LogP contribution in [0.2, 0.25) is 0 Å². The fourth-order valence-corrected chi connectivity index (χ4v) is 0.907. The molecular formula is C10H10ClKO3. The molecule has 0 aromatic heterocycles. The van der Waals surface area contributed by atoms with Crippen molar-refractivity contribution in [3.05, 3.63) is 35.9 Å². The van der Waals surface area contributed by atoms with E-state index in [0.29, 0.717) is 0 Å². The molecule has 0 aliphatic heterocycles. The molecule has 0 bridgehead atoms. The molecule has 0 saturated carbocycles. The Morgan fingerprint density at radius 1 is 1.47 bits per heavy atom. The van der Waals surface area contributed by atoms with Gasteiger partial charge in [-0.1, -0.05) is 41.9 Å². The molecule has 0 heterocycles. The predicted octanol–water partition coefficient (Wildman–Crippen LogP) is -2.09. The first kappa shape index (κ1) is 15.6. The van der Waals surface area contributed by atoms with Crippen LogP contribution in [0.15, 0.2) is 30.3 Å². The third-order valence-corrected chi connectivity index (χ3v) is 1.98. The van der Waals surface area contributed by atoms with Crippen molar-refractivity contribution in [3.63, 3.8) is 0 Å². The Balaban J connectivity index is 0.00000196. The van der Waals surface area contributed by atoms with Crippen molar-refractivity contribution in [2.24, 2.45) is 0 Å². The molecule has 1 aromatic carbocycles. The summed E-state index contributed by atoms with van der Waals surface area (Å²) in [6, 6.07) is 9.18. The number of carbonyl (C=O) groups excluding carboxylic acids is 1. The van der Waals surface area contributed by atoms with Gasteiger partial charge in [0.2, 0.25) is 0 Å². The molecule has 0 amide bonds. The molecule has 1 aromatic rings. The van der Waals surface area contributed by atoms with Crippen LogP contribution in [0.4, 0.5) is 0 Å². The largest absolute Gasteiger partial charge is 1.00 e. The third kappa shape index (κ3) is 5.45. The second-order valence-corrected chi connectivity index (χ2v) is 3.70. The van der Waals surface area contributed by atoms with Gasteiger partial charge in [0, 0.05) is 0 Å². The van der Waals surface area contributed by atoms with Gasteiger partial charge in [0.25, 0.3) is 0 Å². The van der Waals surface area contributed by atoms with E-state index in [-0.39, 0.29) is 58.0 Å². The van der Waals surface area contributed by atoms with Crippen LogP contribution < -0.4 is 56.5 Å². The van der Waals surface area contributed by atoms with Crippen molar-refractivity contribution in [1.82, 2.24) is 0 Å². The summed E-state index contributed by atoms with van der Waals surface area (Å²) in [5.74, 6) is -1.44. The smallest absolute Gasteiger partial charge is 0.546 e. The van der Waals surface area contributed by atoms with E-state index in [4.69, 9.17) is 16.3 Å². The molecule has 0 aliphatic carbocycles. The summed E-state index contributed by atoms with van der Waals surface area (Å²) in [4.78, 5) is 10.5. The number of rotatable bonds is 4. The molecule has 0 aliphatic rings. The van der Waals surface area contributed by atoms with Crippen LogP contribution in [0.3, 0.4) is 0 Å². The summed E-state index contributed by atoms with van der Waals surface area (Å²) in [6.45, 7) is 1.39. The van der Waals surface area contributed by atoms with Crippen LogP contribution >= 0.6 is 11.6 Å². The Bertz CT molecular complexity index is 314.